The Kier molecular flexibility index (Phi) is 5.18. The lowest BCUT2D eigenvalue weighted by molar-refractivity contribution is 0.0714. The quantitative estimate of drug-likeness (QED) is 0.718. The van der Waals surface area contributed by atoms with E-state index >= 15 is 0 Å². The summed E-state index contributed by atoms with van der Waals surface area (Å²) in [6, 6.07) is 8.14. The maximum atomic E-state index is 14.2. The molecule has 1 aliphatic rings. The molecule has 0 radical (unpaired) electrons. The molecule has 6 nitrogen and oxygen atoms in total. The van der Waals surface area contributed by atoms with Gasteiger partial charge >= 0.3 is 0 Å². The molecule has 4 rings (SSSR count). The summed E-state index contributed by atoms with van der Waals surface area (Å²) in [4.78, 5) is 16.3. The van der Waals surface area contributed by atoms with Gasteiger partial charge in [-0.05, 0) is 36.6 Å². The topological polar surface area (TPSA) is 87.9 Å². The van der Waals surface area contributed by atoms with Gasteiger partial charge in [-0.1, -0.05) is 6.07 Å². The lowest BCUT2D eigenvalue weighted by atomic mass is 10.0. The molecule has 1 aliphatic heterocycles. The molecular weight excluding hydrogens is 389 g/mol. The molecule has 1 amide bonds. The van der Waals surface area contributed by atoms with Crippen molar-refractivity contribution in [3.8, 4) is 27.6 Å². The van der Waals surface area contributed by atoms with E-state index in [9.17, 15) is 9.18 Å². The van der Waals surface area contributed by atoms with Gasteiger partial charge in [-0.3, -0.25) is 9.48 Å². The smallest absolute Gasteiger partial charge is 0.264 e. The van der Waals surface area contributed by atoms with Crippen LogP contribution in [0.1, 0.15) is 28.1 Å². The number of aromatic nitrogens is 2. The summed E-state index contributed by atoms with van der Waals surface area (Å²) in [6.07, 6.45) is 5.40. The summed E-state index contributed by atoms with van der Waals surface area (Å²) < 4.78 is 15.9. The predicted molar refractivity (Wildman–Crippen MR) is 110 cm³/mol. The maximum absolute atomic E-state index is 14.2. The fraction of sp³-hybridized carbons (Fsp3) is 0.286. The van der Waals surface area contributed by atoms with E-state index in [0.717, 1.165) is 28.8 Å². The number of hydrogen-bond acceptors (Lipinski definition) is 5. The van der Waals surface area contributed by atoms with Gasteiger partial charge in [-0.25, -0.2) is 4.39 Å². The molecule has 1 aromatic carbocycles. The van der Waals surface area contributed by atoms with Gasteiger partial charge < -0.3 is 10.6 Å². The molecule has 1 fully saturated rings. The highest BCUT2D eigenvalue weighted by Crippen LogP contribution is 2.40. The van der Waals surface area contributed by atoms with Crippen LogP contribution in [-0.2, 0) is 7.05 Å². The zero-order valence-electron chi connectivity index (χ0n) is 15.9. The molecule has 29 heavy (non-hydrogen) atoms. The predicted octanol–water partition coefficient (Wildman–Crippen LogP) is 3.39. The molecule has 3 heterocycles. The first-order chi connectivity index (χ1) is 14.0. The van der Waals surface area contributed by atoms with Crippen molar-refractivity contribution < 1.29 is 9.18 Å². The number of carbonyl (C=O) groups excluding carboxylic acids is 1. The third-order valence-corrected chi connectivity index (χ3v) is 6.23. The Bertz CT molecular complexity index is 1110. The number of amides is 1. The first kappa shape index (κ1) is 19.3. The molecule has 2 aromatic heterocycles. The molecule has 0 spiro atoms. The van der Waals surface area contributed by atoms with E-state index in [1.807, 2.05) is 19.3 Å². The number of aryl methyl sites for hydroxylation is 1. The van der Waals surface area contributed by atoms with Gasteiger partial charge in [0.1, 0.15) is 11.9 Å². The second kappa shape index (κ2) is 7.78. The van der Waals surface area contributed by atoms with E-state index in [0.29, 0.717) is 23.5 Å². The van der Waals surface area contributed by atoms with Crippen molar-refractivity contribution in [2.75, 3.05) is 13.1 Å². The largest absolute Gasteiger partial charge is 0.336 e. The van der Waals surface area contributed by atoms with Crippen molar-refractivity contribution in [3.05, 3.63) is 52.9 Å². The molecule has 3 aromatic rings. The first-order valence-electron chi connectivity index (χ1n) is 9.34. The van der Waals surface area contributed by atoms with Crippen molar-refractivity contribution >= 4 is 17.2 Å². The SMILES string of the molecule is Cn1cc(-c2sc(C(=O)N3CCCC(N)C3)cc2-c2ccc(C#N)c(F)c2)cn1. The average molecular weight is 409 g/mol. The van der Waals surface area contributed by atoms with Crippen molar-refractivity contribution in [3.63, 3.8) is 0 Å². The number of likely N-dealkylation sites (tertiary alicyclic amines) is 1. The van der Waals surface area contributed by atoms with Gasteiger partial charge in [0.25, 0.3) is 5.91 Å². The zero-order chi connectivity index (χ0) is 20.5. The third-order valence-electron chi connectivity index (χ3n) is 5.06. The minimum absolute atomic E-state index is 0.00227. The molecule has 0 saturated carbocycles. The van der Waals surface area contributed by atoms with Crippen LogP contribution in [0, 0.1) is 17.1 Å². The Labute approximate surface area is 172 Å². The molecule has 0 bridgehead atoms. The van der Waals surface area contributed by atoms with Crippen LogP contribution in [0.3, 0.4) is 0 Å². The highest BCUT2D eigenvalue weighted by atomic mass is 32.1. The van der Waals surface area contributed by atoms with Gasteiger partial charge in [0, 0.05) is 48.4 Å². The summed E-state index contributed by atoms with van der Waals surface area (Å²) in [5, 5.41) is 13.2. The summed E-state index contributed by atoms with van der Waals surface area (Å²) in [6.45, 7) is 1.23. The van der Waals surface area contributed by atoms with Crippen molar-refractivity contribution in [2.45, 2.75) is 18.9 Å². The highest BCUT2D eigenvalue weighted by Gasteiger charge is 2.26. The monoisotopic (exact) mass is 409 g/mol. The Morgan fingerprint density at radius 3 is 2.86 bits per heavy atom. The van der Waals surface area contributed by atoms with Gasteiger partial charge in [-0.15, -0.1) is 11.3 Å². The fourth-order valence-corrected chi connectivity index (χ4v) is 4.71. The lowest BCUT2D eigenvalue weighted by Crippen LogP contribution is -2.45. The minimum atomic E-state index is -0.580. The van der Waals surface area contributed by atoms with Gasteiger partial charge in [0.15, 0.2) is 0 Å². The number of benzene rings is 1. The molecule has 1 atom stereocenters. The number of nitrogens with two attached hydrogens (primary N) is 1. The van der Waals surface area contributed by atoms with E-state index in [-0.39, 0.29) is 17.5 Å². The number of rotatable bonds is 3. The first-order valence-corrected chi connectivity index (χ1v) is 10.2. The number of nitriles is 1. The number of piperidine rings is 1. The van der Waals surface area contributed by atoms with Gasteiger partial charge in [-0.2, -0.15) is 10.4 Å². The van der Waals surface area contributed by atoms with Crippen LogP contribution in [0.2, 0.25) is 0 Å². The summed E-state index contributed by atoms with van der Waals surface area (Å²) in [5.74, 6) is -0.640. The Hall–Kier alpha value is -3.02. The summed E-state index contributed by atoms with van der Waals surface area (Å²) in [7, 11) is 1.82. The highest BCUT2D eigenvalue weighted by molar-refractivity contribution is 7.18. The van der Waals surface area contributed by atoms with E-state index < -0.39 is 5.82 Å². The zero-order valence-corrected chi connectivity index (χ0v) is 16.7. The number of halogens is 1. The second-order valence-corrected chi connectivity index (χ2v) is 8.27. The van der Waals surface area contributed by atoms with E-state index in [4.69, 9.17) is 11.0 Å². The molecular formula is C21H20FN5OS. The number of hydrogen-bond donors (Lipinski definition) is 1. The standard InChI is InChI=1S/C21H20FN5OS/c1-26-11-15(10-25-26)20-17(13-4-5-14(9-23)18(22)7-13)8-19(29-20)21(28)27-6-2-3-16(24)12-27/h4-5,7-8,10-11,16H,2-3,6,12,24H2,1H3. The van der Waals surface area contributed by atoms with E-state index in [1.165, 1.54) is 23.5 Å². The molecule has 8 heteroatoms. The second-order valence-electron chi connectivity index (χ2n) is 7.22. The van der Waals surface area contributed by atoms with E-state index in [1.54, 1.807) is 27.9 Å². The van der Waals surface area contributed by atoms with Crippen LogP contribution in [0.4, 0.5) is 4.39 Å². The van der Waals surface area contributed by atoms with E-state index in [2.05, 4.69) is 5.10 Å². The van der Waals surface area contributed by atoms with Crippen LogP contribution in [0.15, 0.2) is 36.7 Å². The van der Waals surface area contributed by atoms with Gasteiger partial charge in [0.2, 0.25) is 0 Å². The minimum Gasteiger partial charge on any atom is -0.336 e. The molecule has 148 valence electrons. The van der Waals surface area contributed by atoms with Crippen LogP contribution < -0.4 is 5.73 Å². The molecule has 0 aliphatic carbocycles. The van der Waals surface area contributed by atoms with Crippen molar-refractivity contribution in [2.24, 2.45) is 12.8 Å². The Balaban J connectivity index is 1.78. The van der Waals surface area contributed by atoms with Crippen molar-refractivity contribution in [1.29, 1.82) is 5.26 Å². The Morgan fingerprint density at radius 1 is 1.38 bits per heavy atom. The van der Waals surface area contributed by atoms with Crippen LogP contribution in [0.25, 0.3) is 21.6 Å². The molecule has 1 unspecified atom stereocenters. The average Bonchev–Trinajstić information content (AvgIpc) is 3.33. The van der Waals surface area contributed by atoms with Gasteiger partial charge in [0.05, 0.1) is 16.6 Å². The summed E-state index contributed by atoms with van der Waals surface area (Å²) in [5.41, 5.74) is 8.24. The van der Waals surface area contributed by atoms with Crippen LogP contribution >= 0.6 is 11.3 Å². The normalized spacial score (nSPS) is 16.6. The number of nitrogens with zero attached hydrogens (tertiary/aromatic N) is 4. The maximum Gasteiger partial charge on any atom is 0.264 e. The number of thiophene rings is 1. The molecule has 1 saturated heterocycles. The third kappa shape index (κ3) is 3.79. The number of carbonyl (C=O) groups is 1. The van der Waals surface area contributed by atoms with Crippen LogP contribution in [-0.4, -0.2) is 39.7 Å². The lowest BCUT2D eigenvalue weighted by Gasteiger charge is -2.30. The fourth-order valence-electron chi connectivity index (χ4n) is 3.59. The Morgan fingerprint density at radius 2 is 2.21 bits per heavy atom. The summed E-state index contributed by atoms with van der Waals surface area (Å²) >= 11 is 1.37. The van der Waals surface area contributed by atoms with Crippen molar-refractivity contribution in [1.82, 2.24) is 14.7 Å². The van der Waals surface area contributed by atoms with Crippen LogP contribution in [0.5, 0.6) is 0 Å². The molecule has 2 N–H and O–H groups in total.